The Balaban J connectivity index is 1.67. The number of rotatable bonds is 6. The molecule has 4 nitrogen and oxygen atoms in total. The fourth-order valence-electron chi connectivity index (χ4n) is 3.30. The summed E-state index contributed by atoms with van der Waals surface area (Å²) in [6.07, 6.45) is 6.49. The van der Waals surface area contributed by atoms with Gasteiger partial charge in [0.2, 0.25) is 0 Å². The summed E-state index contributed by atoms with van der Waals surface area (Å²) in [4.78, 5) is 2.35. The number of morpholine rings is 1. The Bertz CT molecular complexity index is 230. The van der Waals surface area contributed by atoms with E-state index in [4.69, 9.17) is 4.74 Å². The van der Waals surface area contributed by atoms with Gasteiger partial charge in [0.1, 0.15) is 0 Å². The molecule has 1 heterocycles. The van der Waals surface area contributed by atoms with Gasteiger partial charge in [-0.3, -0.25) is 4.90 Å². The monoisotopic (exact) mass is 256 g/mol. The molecule has 0 aromatic rings. The lowest BCUT2D eigenvalue weighted by Crippen LogP contribution is -2.48. The molecule has 2 unspecified atom stereocenters. The van der Waals surface area contributed by atoms with E-state index in [9.17, 15) is 5.11 Å². The molecule has 1 aliphatic carbocycles. The van der Waals surface area contributed by atoms with Crippen LogP contribution in [0.4, 0.5) is 0 Å². The predicted molar refractivity (Wildman–Crippen MR) is 72.7 cm³/mol. The first kappa shape index (κ1) is 14.3. The van der Waals surface area contributed by atoms with E-state index in [-0.39, 0.29) is 12.2 Å². The van der Waals surface area contributed by atoms with Crippen molar-refractivity contribution in [2.75, 3.05) is 39.8 Å². The Morgan fingerprint density at radius 2 is 2.17 bits per heavy atom. The summed E-state index contributed by atoms with van der Waals surface area (Å²) in [5, 5.41) is 13.3. The van der Waals surface area contributed by atoms with Gasteiger partial charge in [0.25, 0.3) is 0 Å². The van der Waals surface area contributed by atoms with Crippen molar-refractivity contribution in [3.8, 4) is 0 Å². The highest BCUT2D eigenvalue weighted by atomic mass is 16.5. The molecule has 4 heteroatoms. The summed E-state index contributed by atoms with van der Waals surface area (Å²) in [6.45, 7) is 4.42. The van der Waals surface area contributed by atoms with Crippen LogP contribution in [0.15, 0.2) is 0 Å². The van der Waals surface area contributed by atoms with Crippen LogP contribution in [0.3, 0.4) is 0 Å². The van der Waals surface area contributed by atoms with Gasteiger partial charge in [-0.15, -0.1) is 0 Å². The second-order valence-corrected chi connectivity index (χ2v) is 5.85. The van der Waals surface area contributed by atoms with Gasteiger partial charge in [0, 0.05) is 26.2 Å². The molecule has 0 spiro atoms. The van der Waals surface area contributed by atoms with Crippen molar-refractivity contribution in [2.45, 2.75) is 44.3 Å². The number of β-amino-alcohol motifs (C(OH)–C–C–N with tert-alkyl or cyclic N) is 1. The van der Waals surface area contributed by atoms with Gasteiger partial charge in [0.15, 0.2) is 0 Å². The maximum absolute atomic E-state index is 10.2. The van der Waals surface area contributed by atoms with Gasteiger partial charge in [-0.25, -0.2) is 0 Å². The number of hydrogen-bond donors (Lipinski definition) is 2. The van der Waals surface area contributed by atoms with Gasteiger partial charge in [0.05, 0.1) is 18.8 Å². The van der Waals surface area contributed by atoms with E-state index in [2.05, 4.69) is 10.2 Å². The fourth-order valence-corrected chi connectivity index (χ4v) is 3.30. The molecular formula is C14H28N2O2. The maximum Gasteiger partial charge on any atom is 0.0826 e. The lowest BCUT2D eigenvalue weighted by atomic mass is 9.99. The number of aliphatic hydroxyl groups is 1. The third kappa shape index (κ3) is 4.50. The molecule has 2 rings (SSSR count). The minimum Gasteiger partial charge on any atom is -0.392 e. The normalized spacial score (nSPS) is 28.7. The van der Waals surface area contributed by atoms with E-state index in [0.717, 1.165) is 45.1 Å². The topological polar surface area (TPSA) is 44.7 Å². The van der Waals surface area contributed by atoms with Crippen molar-refractivity contribution in [3.63, 3.8) is 0 Å². The number of ether oxygens (including phenoxy) is 1. The number of hydrogen-bond acceptors (Lipinski definition) is 4. The number of nitrogens with one attached hydrogen (secondary N) is 1. The van der Waals surface area contributed by atoms with Crippen LogP contribution in [0.5, 0.6) is 0 Å². The van der Waals surface area contributed by atoms with E-state index < -0.39 is 0 Å². The Morgan fingerprint density at radius 1 is 1.39 bits per heavy atom. The predicted octanol–water partition coefficient (Wildman–Crippen LogP) is 0.848. The summed E-state index contributed by atoms with van der Waals surface area (Å²) >= 11 is 0. The molecule has 106 valence electrons. The molecule has 0 bridgehead atoms. The van der Waals surface area contributed by atoms with E-state index in [1.165, 1.54) is 25.7 Å². The van der Waals surface area contributed by atoms with Crippen molar-refractivity contribution in [1.29, 1.82) is 0 Å². The minimum absolute atomic E-state index is 0.151. The maximum atomic E-state index is 10.2. The van der Waals surface area contributed by atoms with Crippen molar-refractivity contribution in [1.82, 2.24) is 10.2 Å². The zero-order chi connectivity index (χ0) is 12.8. The molecular weight excluding hydrogens is 228 g/mol. The van der Waals surface area contributed by atoms with Crippen molar-refractivity contribution < 1.29 is 9.84 Å². The lowest BCUT2D eigenvalue weighted by molar-refractivity contribution is -0.0404. The van der Waals surface area contributed by atoms with Gasteiger partial charge < -0.3 is 15.2 Å². The average Bonchev–Trinajstić information content (AvgIpc) is 2.82. The minimum atomic E-state index is -0.151. The summed E-state index contributed by atoms with van der Waals surface area (Å²) in [7, 11) is 1.96. The third-order valence-corrected chi connectivity index (χ3v) is 4.20. The molecule has 2 fully saturated rings. The van der Waals surface area contributed by atoms with Crippen LogP contribution in [0.2, 0.25) is 0 Å². The van der Waals surface area contributed by atoms with E-state index in [1.807, 2.05) is 7.05 Å². The molecule has 0 aromatic carbocycles. The Morgan fingerprint density at radius 3 is 2.89 bits per heavy atom. The van der Waals surface area contributed by atoms with Gasteiger partial charge in [-0.1, -0.05) is 25.7 Å². The molecule has 0 amide bonds. The van der Waals surface area contributed by atoms with E-state index >= 15 is 0 Å². The summed E-state index contributed by atoms with van der Waals surface area (Å²) in [5.74, 6) is 0.772. The Labute approximate surface area is 111 Å². The molecule has 2 aliphatic rings. The van der Waals surface area contributed by atoms with Crippen LogP contribution in [-0.4, -0.2) is 62.0 Å². The highest BCUT2D eigenvalue weighted by molar-refractivity contribution is 4.77. The summed E-state index contributed by atoms with van der Waals surface area (Å²) in [6, 6.07) is 0. The smallest absolute Gasteiger partial charge is 0.0826 e. The molecule has 1 aliphatic heterocycles. The molecule has 0 aromatic heterocycles. The number of aliphatic hydroxyl groups excluding tert-OH is 1. The molecule has 2 N–H and O–H groups in total. The molecule has 1 saturated heterocycles. The quantitative estimate of drug-likeness (QED) is 0.739. The highest BCUT2D eigenvalue weighted by Crippen LogP contribution is 2.28. The Kier molecular flexibility index (Phi) is 5.89. The largest absolute Gasteiger partial charge is 0.392 e. The van der Waals surface area contributed by atoms with Crippen LogP contribution in [0.25, 0.3) is 0 Å². The zero-order valence-corrected chi connectivity index (χ0v) is 11.6. The van der Waals surface area contributed by atoms with Crippen molar-refractivity contribution in [3.05, 3.63) is 0 Å². The standard InChI is InChI=1S/C14H28N2O2/c1-15-9-14-11-16(6-7-18-14)10-13(17)8-12-4-2-3-5-12/h12-15,17H,2-11H2,1H3. The second kappa shape index (κ2) is 7.43. The van der Waals surface area contributed by atoms with Gasteiger partial charge in [-0.2, -0.15) is 0 Å². The highest BCUT2D eigenvalue weighted by Gasteiger charge is 2.24. The van der Waals surface area contributed by atoms with Crippen LogP contribution in [0, 0.1) is 5.92 Å². The SMILES string of the molecule is CNCC1CN(CC(O)CC2CCCC2)CCO1. The molecule has 1 saturated carbocycles. The fraction of sp³-hybridized carbons (Fsp3) is 1.00. The Hall–Kier alpha value is -0.160. The van der Waals surface area contributed by atoms with Crippen molar-refractivity contribution >= 4 is 0 Å². The number of likely N-dealkylation sites (N-methyl/N-ethyl adjacent to an activating group) is 1. The first-order chi connectivity index (χ1) is 8.78. The van der Waals surface area contributed by atoms with E-state index in [1.54, 1.807) is 0 Å². The van der Waals surface area contributed by atoms with E-state index in [0.29, 0.717) is 0 Å². The molecule has 18 heavy (non-hydrogen) atoms. The van der Waals surface area contributed by atoms with Crippen LogP contribution in [0.1, 0.15) is 32.1 Å². The first-order valence-corrected chi connectivity index (χ1v) is 7.44. The van der Waals surface area contributed by atoms with Crippen LogP contribution in [-0.2, 0) is 4.74 Å². The van der Waals surface area contributed by atoms with Crippen LogP contribution < -0.4 is 5.32 Å². The average molecular weight is 256 g/mol. The summed E-state index contributed by atoms with van der Waals surface area (Å²) in [5.41, 5.74) is 0. The second-order valence-electron chi connectivity index (χ2n) is 5.85. The lowest BCUT2D eigenvalue weighted by Gasteiger charge is -2.34. The number of nitrogens with zero attached hydrogens (tertiary/aromatic N) is 1. The zero-order valence-electron chi connectivity index (χ0n) is 11.6. The first-order valence-electron chi connectivity index (χ1n) is 7.44. The summed E-state index contributed by atoms with van der Waals surface area (Å²) < 4.78 is 5.68. The molecule has 0 radical (unpaired) electrons. The third-order valence-electron chi connectivity index (χ3n) is 4.20. The van der Waals surface area contributed by atoms with Gasteiger partial charge in [-0.05, 0) is 19.4 Å². The molecule has 2 atom stereocenters. The van der Waals surface area contributed by atoms with Crippen molar-refractivity contribution in [2.24, 2.45) is 5.92 Å². The van der Waals surface area contributed by atoms with Gasteiger partial charge >= 0.3 is 0 Å². The van der Waals surface area contributed by atoms with Crippen LogP contribution >= 0.6 is 0 Å².